The fourth-order valence-corrected chi connectivity index (χ4v) is 1.51. The standard InChI is InChI=1S/C12H13NO/c1-10(11-5-7-14-9-11)8-12-4-2-3-6-13-12/h2-7,9-10H,8H2,1H3. The highest BCUT2D eigenvalue weighted by Crippen LogP contribution is 2.19. The van der Waals surface area contributed by atoms with Crippen molar-refractivity contribution in [3.05, 3.63) is 54.2 Å². The van der Waals surface area contributed by atoms with Crippen LogP contribution < -0.4 is 0 Å². The number of rotatable bonds is 3. The maximum Gasteiger partial charge on any atom is 0.0937 e. The molecule has 0 fully saturated rings. The number of furan rings is 1. The van der Waals surface area contributed by atoms with Gasteiger partial charge in [0.25, 0.3) is 0 Å². The van der Waals surface area contributed by atoms with Crippen LogP contribution in [0.4, 0.5) is 0 Å². The first kappa shape index (κ1) is 9.00. The Morgan fingerprint density at radius 1 is 1.36 bits per heavy atom. The number of hydrogen-bond donors (Lipinski definition) is 0. The van der Waals surface area contributed by atoms with Gasteiger partial charge in [0.1, 0.15) is 0 Å². The number of pyridine rings is 1. The smallest absolute Gasteiger partial charge is 0.0937 e. The molecule has 0 amide bonds. The molecule has 14 heavy (non-hydrogen) atoms. The van der Waals surface area contributed by atoms with Crippen LogP contribution in [-0.4, -0.2) is 4.98 Å². The first-order valence-corrected chi connectivity index (χ1v) is 4.78. The largest absolute Gasteiger partial charge is 0.472 e. The molecule has 0 N–H and O–H groups in total. The molecule has 0 saturated heterocycles. The maximum atomic E-state index is 5.05. The topological polar surface area (TPSA) is 26.0 Å². The van der Waals surface area contributed by atoms with E-state index in [1.54, 1.807) is 12.5 Å². The molecule has 1 unspecified atom stereocenters. The summed E-state index contributed by atoms with van der Waals surface area (Å²) in [6.45, 7) is 2.18. The third-order valence-electron chi connectivity index (χ3n) is 2.35. The average Bonchev–Trinajstić information content (AvgIpc) is 2.72. The van der Waals surface area contributed by atoms with Crippen LogP contribution in [0, 0.1) is 0 Å². The Morgan fingerprint density at radius 3 is 2.93 bits per heavy atom. The van der Waals surface area contributed by atoms with Gasteiger partial charge in [-0.3, -0.25) is 4.98 Å². The van der Waals surface area contributed by atoms with E-state index in [1.165, 1.54) is 5.56 Å². The van der Waals surface area contributed by atoms with E-state index >= 15 is 0 Å². The molecular formula is C12H13NO. The minimum absolute atomic E-state index is 0.462. The lowest BCUT2D eigenvalue weighted by molar-refractivity contribution is 0.559. The minimum Gasteiger partial charge on any atom is -0.472 e. The van der Waals surface area contributed by atoms with Gasteiger partial charge in [-0.2, -0.15) is 0 Å². The van der Waals surface area contributed by atoms with Gasteiger partial charge in [0.2, 0.25) is 0 Å². The fourth-order valence-electron chi connectivity index (χ4n) is 1.51. The molecule has 2 aromatic heterocycles. The second-order valence-electron chi connectivity index (χ2n) is 3.48. The Balaban J connectivity index is 2.06. The van der Waals surface area contributed by atoms with Gasteiger partial charge in [0, 0.05) is 11.9 Å². The molecule has 2 aromatic rings. The molecule has 0 radical (unpaired) electrons. The molecule has 2 heterocycles. The highest BCUT2D eigenvalue weighted by molar-refractivity contribution is 5.15. The molecule has 0 aliphatic rings. The molecule has 2 nitrogen and oxygen atoms in total. The van der Waals surface area contributed by atoms with E-state index in [0.29, 0.717) is 5.92 Å². The third-order valence-corrected chi connectivity index (χ3v) is 2.35. The van der Waals surface area contributed by atoms with Gasteiger partial charge < -0.3 is 4.42 Å². The number of aromatic nitrogens is 1. The van der Waals surface area contributed by atoms with E-state index < -0.39 is 0 Å². The minimum atomic E-state index is 0.462. The van der Waals surface area contributed by atoms with Crippen molar-refractivity contribution in [3.8, 4) is 0 Å². The van der Waals surface area contributed by atoms with Crippen LogP contribution in [0.3, 0.4) is 0 Å². The second kappa shape index (κ2) is 4.09. The molecule has 1 atom stereocenters. The zero-order valence-electron chi connectivity index (χ0n) is 8.18. The predicted molar refractivity (Wildman–Crippen MR) is 55.1 cm³/mol. The monoisotopic (exact) mass is 187 g/mol. The van der Waals surface area contributed by atoms with Crippen molar-refractivity contribution in [1.29, 1.82) is 0 Å². The number of nitrogens with zero attached hydrogens (tertiary/aromatic N) is 1. The van der Waals surface area contributed by atoms with Crippen molar-refractivity contribution in [2.45, 2.75) is 19.3 Å². The zero-order valence-corrected chi connectivity index (χ0v) is 8.18. The molecule has 0 bridgehead atoms. The van der Waals surface area contributed by atoms with Crippen LogP contribution in [0.25, 0.3) is 0 Å². The Kier molecular flexibility index (Phi) is 2.63. The van der Waals surface area contributed by atoms with Gasteiger partial charge in [-0.25, -0.2) is 0 Å². The van der Waals surface area contributed by atoms with Gasteiger partial charge in [-0.1, -0.05) is 13.0 Å². The predicted octanol–water partition coefficient (Wildman–Crippen LogP) is 3.02. The van der Waals surface area contributed by atoms with Crippen molar-refractivity contribution < 1.29 is 4.42 Å². The van der Waals surface area contributed by atoms with Crippen LogP contribution in [0.15, 0.2) is 47.4 Å². The van der Waals surface area contributed by atoms with Crippen LogP contribution in [0.2, 0.25) is 0 Å². The van der Waals surface area contributed by atoms with Crippen LogP contribution in [0.1, 0.15) is 24.1 Å². The summed E-state index contributed by atoms with van der Waals surface area (Å²) < 4.78 is 5.05. The molecule has 0 spiro atoms. The molecule has 0 aromatic carbocycles. The van der Waals surface area contributed by atoms with Gasteiger partial charge in [-0.15, -0.1) is 0 Å². The van der Waals surface area contributed by atoms with Crippen molar-refractivity contribution in [1.82, 2.24) is 4.98 Å². The van der Waals surface area contributed by atoms with Crippen LogP contribution in [0.5, 0.6) is 0 Å². The molecule has 0 saturated carbocycles. The SMILES string of the molecule is CC(Cc1ccccn1)c1ccoc1. The van der Waals surface area contributed by atoms with Crippen LogP contribution >= 0.6 is 0 Å². The summed E-state index contributed by atoms with van der Waals surface area (Å²) in [6.07, 6.45) is 6.30. The highest BCUT2D eigenvalue weighted by Gasteiger charge is 2.07. The molecular weight excluding hydrogens is 174 g/mol. The average molecular weight is 187 g/mol. The summed E-state index contributed by atoms with van der Waals surface area (Å²) in [7, 11) is 0. The normalized spacial score (nSPS) is 12.6. The lowest BCUT2D eigenvalue weighted by Crippen LogP contribution is -1.98. The van der Waals surface area contributed by atoms with E-state index in [1.807, 2.05) is 24.4 Å². The summed E-state index contributed by atoms with van der Waals surface area (Å²) in [6, 6.07) is 8.01. The van der Waals surface area contributed by atoms with Crippen molar-refractivity contribution in [3.63, 3.8) is 0 Å². The van der Waals surface area contributed by atoms with Gasteiger partial charge in [0.05, 0.1) is 12.5 Å². The summed E-state index contributed by atoms with van der Waals surface area (Å²) in [5.41, 5.74) is 2.36. The van der Waals surface area contributed by atoms with Gasteiger partial charge in [-0.05, 0) is 36.1 Å². The first-order valence-electron chi connectivity index (χ1n) is 4.78. The lowest BCUT2D eigenvalue weighted by atomic mass is 9.99. The summed E-state index contributed by atoms with van der Waals surface area (Å²) >= 11 is 0. The van der Waals surface area contributed by atoms with E-state index in [0.717, 1.165) is 12.1 Å². The summed E-state index contributed by atoms with van der Waals surface area (Å²) in [5.74, 6) is 0.462. The lowest BCUT2D eigenvalue weighted by Gasteiger charge is -2.07. The Hall–Kier alpha value is -1.57. The van der Waals surface area contributed by atoms with E-state index in [4.69, 9.17) is 4.42 Å². The molecule has 2 heteroatoms. The molecule has 0 aliphatic carbocycles. The number of hydrogen-bond acceptors (Lipinski definition) is 2. The van der Waals surface area contributed by atoms with Gasteiger partial charge in [0.15, 0.2) is 0 Å². The summed E-state index contributed by atoms with van der Waals surface area (Å²) in [5, 5.41) is 0. The summed E-state index contributed by atoms with van der Waals surface area (Å²) in [4.78, 5) is 4.30. The van der Waals surface area contributed by atoms with E-state index in [-0.39, 0.29) is 0 Å². The zero-order chi connectivity index (χ0) is 9.80. The maximum absolute atomic E-state index is 5.05. The quantitative estimate of drug-likeness (QED) is 0.738. The van der Waals surface area contributed by atoms with Gasteiger partial charge >= 0.3 is 0 Å². The second-order valence-corrected chi connectivity index (χ2v) is 3.48. The van der Waals surface area contributed by atoms with Crippen molar-refractivity contribution >= 4 is 0 Å². The fraction of sp³-hybridized carbons (Fsp3) is 0.250. The molecule has 0 aliphatic heterocycles. The first-order chi connectivity index (χ1) is 6.86. The highest BCUT2D eigenvalue weighted by atomic mass is 16.3. The Labute approximate surface area is 83.6 Å². The van der Waals surface area contributed by atoms with Crippen LogP contribution in [-0.2, 0) is 6.42 Å². The molecule has 72 valence electrons. The van der Waals surface area contributed by atoms with Crippen molar-refractivity contribution in [2.75, 3.05) is 0 Å². The Bertz CT molecular complexity index is 366. The molecule has 2 rings (SSSR count). The Morgan fingerprint density at radius 2 is 2.29 bits per heavy atom. The van der Waals surface area contributed by atoms with E-state index in [9.17, 15) is 0 Å². The van der Waals surface area contributed by atoms with Crippen molar-refractivity contribution in [2.24, 2.45) is 0 Å². The third kappa shape index (κ3) is 2.02. The van der Waals surface area contributed by atoms with E-state index in [2.05, 4.69) is 18.0 Å².